The normalized spacial score (nSPS) is 10.2. The Bertz CT molecular complexity index is 587. The van der Waals surface area contributed by atoms with E-state index in [4.69, 9.17) is 28.3 Å². The van der Waals surface area contributed by atoms with E-state index in [-0.39, 0.29) is 10.7 Å². The first kappa shape index (κ1) is 11.8. The summed E-state index contributed by atoms with van der Waals surface area (Å²) in [6.45, 7) is 0. The number of carboxylic acids is 1. The van der Waals surface area contributed by atoms with Crippen molar-refractivity contribution >= 4 is 29.2 Å². The van der Waals surface area contributed by atoms with Crippen molar-refractivity contribution in [1.82, 2.24) is 10.2 Å². The van der Waals surface area contributed by atoms with Crippen LogP contribution in [0.15, 0.2) is 30.3 Å². The van der Waals surface area contributed by atoms with Crippen molar-refractivity contribution in [2.75, 3.05) is 0 Å². The zero-order valence-corrected chi connectivity index (χ0v) is 9.90. The number of nitrogens with zero attached hydrogens (tertiary/aromatic N) is 2. The molecular weight excluding hydrogens is 263 g/mol. The number of hydrogen-bond acceptors (Lipinski definition) is 3. The van der Waals surface area contributed by atoms with Crippen molar-refractivity contribution in [2.24, 2.45) is 0 Å². The van der Waals surface area contributed by atoms with Gasteiger partial charge in [-0.05, 0) is 18.2 Å². The second kappa shape index (κ2) is 4.69. The molecule has 0 aliphatic carbocycles. The fourth-order valence-electron chi connectivity index (χ4n) is 1.32. The fraction of sp³-hybridized carbons (Fsp3) is 0. The summed E-state index contributed by atoms with van der Waals surface area (Å²) in [7, 11) is 0. The molecule has 1 aromatic heterocycles. The Morgan fingerprint density at radius 2 is 1.94 bits per heavy atom. The van der Waals surface area contributed by atoms with Gasteiger partial charge in [-0.1, -0.05) is 35.3 Å². The minimum absolute atomic E-state index is 0.0864. The van der Waals surface area contributed by atoms with Crippen molar-refractivity contribution in [3.05, 3.63) is 46.1 Å². The molecule has 1 aromatic carbocycles. The van der Waals surface area contributed by atoms with E-state index in [9.17, 15) is 4.79 Å². The molecule has 0 atom stereocenters. The summed E-state index contributed by atoms with van der Waals surface area (Å²) < 4.78 is 0. The second-order valence-electron chi connectivity index (χ2n) is 3.25. The van der Waals surface area contributed by atoms with E-state index in [1.807, 2.05) is 0 Å². The largest absolute Gasteiger partial charge is 0.478 e. The van der Waals surface area contributed by atoms with E-state index in [1.165, 1.54) is 6.07 Å². The Hall–Kier alpha value is -1.65. The topological polar surface area (TPSA) is 63.1 Å². The molecule has 2 rings (SSSR count). The molecule has 0 unspecified atom stereocenters. The highest BCUT2D eigenvalue weighted by atomic mass is 35.5. The molecular formula is C11H6Cl2N2O2. The maximum Gasteiger partial charge on any atom is 0.338 e. The van der Waals surface area contributed by atoms with Gasteiger partial charge in [0, 0.05) is 10.6 Å². The zero-order valence-electron chi connectivity index (χ0n) is 8.39. The number of halogens is 2. The SMILES string of the molecule is O=C(O)c1cc(-c2cccc(Cl)c2)nnc1Cl. The molecule has 0 saturated carbocycles. The monoisotopic (exact) mass is 268 g/mol. The summed E-state index contributed by atoms with van der Waals surface area (Å²) in [6.07, 6.45) is 0. The van der Waals surface area contributed by atoms with Gasteiger partial charge in [0.15, 0.2) is 5.15 Å². The van der Waals surface area contributed by atoms with Crippen LogP contribution in [-0.2, 0) is 0 Å². The first-order valence-electron chi connectivity index (χ1n) is 4.60. The van der Waals surface area contributed by atoms with Crippen molar-refractivity contribution in [3.8, 4) is 11.3 Å². The Morgan fingerprint density at radius 1 is 1.18 bits per heavy atom. The molecule has 1 N–H and O–H groups in total. The Balaban J connectivity index is 2.54. The highest BCUT2D eigenvalue weighted by Crippen LogP contribution is 2.23. The van der Waals surface area contributed by atoms with Gasteiger partial charge in [0.05, 0.1) is 5.69 Å². The fourth-order valence-corrected chi connectivity index (χ4v) is 1.68. The van der Waals surface area contributed by atoms with Crippen molar-refractivity contribution in [2.45, 2.75) is 0 Å². The lowest BCUT2D eigenvalue weighted by molar-refractivity contribution is 0.0696. The molecule has 0 amide bonds. The first-order chi connectivity index (χ1) is 8.08. The van der Waals surface area contributed by atoms with Crippen LogP contribution in [0.4, 0.5) is 0 Å². The number of aromatic nitrogens is 2. The van der Waals surface area contributed by atoms with Crippen LogP contribution in [0.5, 0.6) is 0 Å². The zero-order chi connectivity index (χ0) is 12.4. The van der Waals surface area contributed by atoms with Crippen LogP contribution in [0.2, 0.25) is 10.2 Å². The molecule has 4 nitrogen and oxygen atoms in total. The minimum atomic E-state index is -1.15. The van der Waals surface area contributed by atoms with Gasteiger partial charge in [0.1, 0.15) is 5.56 Å². The van der Waals surface area contributed by atoms with Crippen LogP contribution in [0.25, 0.3) is 11.3 Å². The third-order valence-electron chi connectivity index (χ3n) is 2.10. The average molecular weight is 269 g/mol. The van der Waals surface area contributed by atoms with Gasteiger partial charge in [0.2, 0.25) is 0 Å². The molecule has 0 saturated heterocycles. The smallest absolute Gasteiger partial charge is 0.338 e. The summed E-state index contributed by atoms with van der Waals surface area (Å²) in [5, 5.41) is 16.7. The van der Waals surface area contributed by atoms with E-state index in [0.29, 0.717) is 16.3 Å². The number of hydrogen-bond donors (Lipinski definition) is 1. The summed E-state index contributed by atoms with van der Waals surface area (Å²) in [6, 6.07) is 8.25. The third-order valence-corrected chi connectivity index (χ3v) is 2.61. The van der Waals surface area contributed by atoms with Crippen molar-refractivity contribution in [1.29, 1.82) is 0 Å². The van der Waals surface area contributed by atoms with Gasteiger partial charge in [-0.3, -0.25) is 0 Å². The van der Waals surface area contributed by atoms with Crippen LogP contribution in [0, 0.1) is 0 Å². The van der Waals surface area contributed by atoms with Gasteiger partial charge < -0.3 is 5.11 Å². The molecule has 0 radical (unpaired) electrons. The van der Waals surface area contributed by atoms with Crippen molar-refractivity contribution in [3.63, 3.8) is 0 Å². The third kappa shape index (κ3) is 2.54. The number of carbonyl (C=O) groups is 1. The molecule has 1 heterocycles. The summed E-state index contributed by atoms with van der Waals surface area (Å²) in [5.74, 6) is -1.15. The van der Waals surface area contributed by atoms with Crippen LogP contribution in [0.3, 0.4) is 0 Å². The van der Waals surface area contributed by atoms with E-state index in [2.05, 4.69) is 10.2 Å². The average Bonchev–Trinajstić information content (AvgIpc) is 2.29. The quantitative estimate of drug-likeness (QED) is 0.909. The predicted octanol–water partition coefficient (Wildman–Crippen LogP) is 3.15. The van der Waals surface area contributed by atoms with Crippen LogP contribution in [0.1, 0.15) is 10.4 Å². The lowest BCUT2D eigenvalue weighted by Crippen LogP contribution is -2.01. The molecule has 0 aliphatic rings. The number of aromatic carboxylic acids is 1. The molecule has 0 bridgehead atoms. The van der Waals surface area contributed by atoms with Crippen LogP contribution >= 0.6 is 23.2 Å². The highest BCUT2D eigenvalue weighted by Gasteiger charge is 2.13. The molecule has 6 heteroatoms. The van der Waals surface area contributed by atoms with Crippen LogP contribution < -0.4 is 0 Å². The van der Waals surface area contributed by atoms with Crippen LogP contribution in [-0.4, -0.2) is 21.3 Å². The maximum atomic E-state index is 10.9. The Morgan fingerprint density at radius 3 is 2.59 bits per heavy atom. The molecule has 2 aromatic rings. The van der Waals surface area contributed by atoms with Gasteiger partial charge in [-0.15, -0.1) is 10.2 Å². The summed E-state index contributed by atoms with van der Waals surface area (Å²) in [4.78, 5) is 10.9. The molecule has 17 heavy (non-hydrogen) atoms. The van der Waals surface area contributed by atoms with Gasteiger partial charge in [0.25, 0.3) is 0 Å². The molecule has 0 aliphatic heterocycles. The molecule has 0 fully saturated rings. The van der Waals surface area contributed by atoms with Crippen molar-refractivity contribution < 1.29 is 9.90 Å². The first-order valence-corrected chi connectivity index (χ1v) is 5.36. The maximum absolute atomic E-state index is 10.9. The van der Waals surface area contributed by atoms with E-state index in [1.54, 1.807) is 24.3 Å². The van der Waals surface area contributed by atoms with Gasteiger partial charge in [-0.2, -0.15) is 0 Å². The molecule has 86 valence electrons. The van der Waals surface area contributed by atoms with E-state index < -0.39 is 5.97 Å². The molecule has 0 spiro atoms. The van der Waals surface area contributed by atoms with Gasteiger partial charge >= 0.3 is 5.97 Å². The number of carboxylic acid groups (broad SMARTS) is 1. The lowest BCUT2D eigenvalue weighted by atomic mass is 10.1. The van der Waals surface area contributed by atoms with E-state index in [0.717, 1.165) is 0 Å². The standard InChI is InChI=1S/C11H6Cl2N2O2/c12-7-3-1-2-6(4-7)9-5-8(11(16)17)10(13)15-14-9/h1-5H,(H,16,17). The Kier molecular flexibility index (Phi) is 3.26. The highest BCUT2D eigenvalue weighted by molar-refractivity contribution is 6.32. The summed E-state index contributed by atoms with van der Waals surface area (Å²) >= 11 is 11.5. The second-order valence-corrected chi connectivity index (χ2v) is 4.04. The summed E-state index contributed by atoms with van der Waals surface area (Å²) in [5.41, 5.74) is 1.01. The lowest BCUT2D eigenvalue weighted by Gasteiger charge is -2.02. The predicted molar refractivity (Wildman–Crippen MR) is 64.4 cm³/mol. The van der Waals surface area contributed by atoms with Gasteiger partial charge in [-0.25, -0.2) is 4.79 Å². The number of benzene rings is 1. The Labute approximate surface area is 107 Å². The minimum Gasteiger partial charge on any atom is -0.478 e. The van der Waals surface area contributed by atoms with E-state index >= 15 is 0 Å². The number of rotatable bonds is 2.